The minimum Gasteiger partial charge on any atom is -0.377 e. The molecule has 2 aromatic rings. The van der Waals surface area contributed by atoms with Crippen molar-refractivity contribution in [3.05, 3.63) is 35.3 Å². The molecule has 1 aromatic carbocycles. The van der Waals surface area contributed by atoms with Crippen LogP contribution in [0.3, 0.4) is 0 Å². The van der Waals surface area contributed by atoms with Crippen molar-refractivity contribution >= 4 is 16.6 Å². The molecule has 0 saturated heterocycles. The second-order valence-corrected chi connectivity index (χ2v) is 4.71. The number of halogens is 1. The first kappa shape index (κ1) is 13.3. The van der Waals surface area contributed by atoms with Crippen LogP contribution in [0.1, 0.15) is 17.7 Å². The first-order valence-electron chi connectivity index (χ1n) is 6.18. The zero-order valence-corrected chi connectivity index (χ0v) is 11.4. The molecule has 0 saturated carbocycles. The predicted octanol–water partition coefficient (Wildman–Crippen LogP) is 3.20. The minimum atomic E-state index is -0.310. The molecule has 0 bridgehead atoms. The average molecular weight is 257 g/mol. The summed E-state index contributed by atoms with van der Waals surface area (Å²) in [7, 11) is 3.85. The van der Waals surface area contributed by atoms with Crippen molar-refractivity contribution in [3.63, 3.8) is 0 Å². The standard InChI is InChI=1S/C15H16FN3/c1-10-11(7-5-9-17)15(19(2)3)12-6-4-8-13(16)14(12)18-10/h4,6,8H,5,7H2,1-3H3. The Kier molecular flexibility index (Phi) is 3.66. The van der Waals surface area contributed by atoms with Crippen molar-refractivity contribution in [1.82, 2.24) is 4.98 Å². The van der Waals surface area contributed by atoms with Gasteiger partial charge in [0.05, 0.1) is 11.8 Å². The quantitative estimate of drug-likeness (QED) is 0.847. The fourth-order valence-electron chi connectivity index (χ4n) is 2.38. The molecule has 98 valence electrons. The van der Waals surface area contributed by atoms with E-state index in [1.165, 1.54) is 6.07 Å². The van der Waals surface area contributed by atoms with Crippen molar-refractivity contribution in [3.8, 4) is 6.07 Å². The van der Waals surface area contributed by atoms with E-state index in [1.807, 2.05) is 32.0 Å². The van der Waals surface area contributed by atoms with E-state index in [4.69, 9.17) is 5.26 Å². The molecule has 0 aliphatic rings. The molecular weight excluding hydrogens is 241 g/mol. The third kappa shape index (κ3) is 2.37. The van der Waals surface area contributed by atoms with E-state index in [9.17, 15) is 4.39 Å². The number of aryl methyl sites for hydroxylation is 1. The van der Waals surface area contributed by atoms with E-state index in [2.05, 4.69) is 11.1 Å². The summed E-state index contributed by atoms with van der Waals surface area (Å²) in [5.41, 5.74) is 3.16. The van der Waals surface area contributed by atoms with Crippen LogP contribution < -0.4 is 4.90 Å². The molecule has 1 aromatic heterocycles. The molecule has 0 N–H and O–H groups in total. The molecule has 3 nitrogen and oxygen atoms in total. The van der Waals surface area contributed by atoms with Crippen LogP contribution in [0.2, 0.25) is 0 Å². The van der Waals surface area contributed by atoms with Gasteiger partial charge in [0.25, 0.3) is 0 Å². The first-order chi connectivity index (χ1) is 9.06. The number of nitrogens with zero attached hydrogens (tertiary/aromatic N) is 3. The van der Waals surface area contributed by atoms with Gasteiger partial charge in [0.2, 0.25) is 0 Å². The minimum absolute atomic E-state index is 0.310. The van der Waals surface area contributed by atoms with Gasteiger partial charge in [-0.2, -0.15) is 5.26 Å². The largest absolute Gasteiger partial charge is 0.377 e. The monoisotopic (exact) mass is 257 g/mol. The number of anilines is 1. The van der Waals surface area contributed by atoms with E-state index >= 15 is 0 Å². The maximum atomic E-state index is 13.9. The van der Waals surface area contributed by atoms with Gasteiger partial charge < -0.3 is 4.90 Å². The zero-order chi connectivity index (χ0) is 14.0. The molecule has 0 fully saturated rings. The number of para-hydroxylation sites is 1. The van der Waals surface area contributed by atoms with E-state index in [0.717, 1.165) is 22.3 Å². The van der Waals surface area contributed by atoms with E-state index in [-0.39, 0.29) is 5.82 Å². The normalized spacial score (nSPS) is 10.5. The molecular formula is C15H16FN3. The summed E-state index contributed by atoms with van der Waals surface area (Å²) in [5, 5.41) is 9.56. The Morgan fingerprint density at radius 2 is 2.11 bits per heavy atom. The molecule has 0 spiro atoms. The highest BCUT2D eigenvalue weighted by atomic mass is 19.1. The van der Waals surface area contributed by atoms with Gasteiger partial charge >= 0.3 is 0 Å². The Labute approximate surface area is 112 Å². The van der Waals surface area contributed by atoms with Crippen LogP contribution in [0, 0.1) is 24.1 Å². The van der Waals surface area contributed by atoms with Gasteiger partial charge in [0, 0.05) is 31.6 Å². The number of nitriles is 1. The van der Waals surface area contributed by atoms with Gasteiger partial charge in [0.15, 0.2) is 0 Å². The van der Waals surface area contributed by atoms with Gasteiger partial charge in [-0.3, -0.25) is 0 Å². The summed E-state index contributed by atoms with van der Waals surface area (Å²) in [4.78, 5) is 6.32. The van der Waals surface area contributed by atoms with Crippen molar-refractivity contribution in [2.24, 2.45) is 0 Å². The molecule has 19 heavy (non-hydrogen) atoms. The van der Waals surface area contributed by atoms with Crippen LogP contribution in [-0.4, -0.2) is 19.1 Å². The number of hydrogen-bond acceptors (Lipinski definition) is 3. The van der Waals surface area contributed by atoms with Crippen molar-refractivity contribution in [2.45, 2.75) is 19.8 Å². The molecule has 4 heteroatoms. The first-order valence-corrected chi connectivity index (χ1v) is 6.18. The molecule has 0 unspecified atom stereocenters. The van der Waals surface area contributed by atoms with Crippen molar-refractivity contribution < 1.29 is 4.39 Å². The average Bonchev–Trinajstić information content (AvgIpc) is 2.36. The van der Waals surface area contributed by atoms with Crippen LogP contribution in [0.5, 0.6) is 0 Å². The van der Waals surface area contributed by atoms with Gasteiger partial charge in [-0.25, -0.2) is 9.37 Å². The molecule has 2 rings (SSSR count). The van der Waals surface area contributed by atoms with Gasteiger partial charge in [-0.1, -0.05) is 12.1 Å². The zero-order valence-electron chi connectivity index (χ0n) is 11.4. The molecule has 0 radical (unpaired) electrons. The summed E-state index contributed by atoms with van der Waals surface area (Å²) < 4.78 is 13.9. The van der Waals surface area contributed by atoms with E-state index in [0.29, 0.717) is 18.4 Å². The number of benzene rings is 1. The van der Waals surface area contributed by atoms with Crippen LogP contribution in [0.4, 0.5) is 10.1 Å². The van der Waals surface area contributed by atoms with Crippen LogP contribution in [0.25, 0.3) is 10.9 Å². The third-order valence-corrected chi connectivity index (χ3v) is 3.18. The Morgan fingerprint density at radius 1 is 1.37 bits per heavy atom. The van der Waals surface area contributed by atoms with Crippen molar-refractivity contribution in [2.75, 3.05) is 19.0 Å². The highest BCUT2D eigenvalue weighted by Crippen LogP contribution is 2.32. The van der Waals surface area contributed by atoms with E-state index in [1.54, 1.807) is 6.07 Å². The third-order valence-electron chi connectivity index (χ3n) is 3.18. The summed E-state index contributed by atoms with van der Waals surface area (Å²) in [6.45, 7) is 1.87. The Bertz CT molecular complexity index is 656. The molecule has 0 amide bonds. The lowest BCUT2D eigenvalue weighted by Crippen LogP contribution is -2.14. The van der Waals surface area contributed by atoms with Crippen LogP contribution in [-0.2, 0) is 6.42 Å². The summed E-state index contributed by atoms with van der Waals surface area (Å²) in [5.74, 6) is -0.310. The predicted molar refractivity (Wildman–Crippen MR) is 74.7 cm³/mol. The molecule has 1 heterocycles. The highest BCUT2D eigenvalue weighted by molar-refractivity contribution is 5.94. The number of aromatic nitrogens is 1. The van der Waals surface area contributed by atoms with E-state index < -0.39 is 0 Å². The molecule has 0 aliphatic heterocycles. The number of fused-ring (bicyclic) bond motifs is 1. The number of pyridine rings is 1. The Morgan fingerprint density at radius 3 is 2.74 bits per heavy atom. The SMILES string of the molecule is Cc1nc2c(F)cccc2c(N(C)C)c1CCC#N. The lowest BCUT2D eigenvalue weighted by atomic mass is 10.0. The van der Waals surface area contributed by atoms with Crippen LogP contribution >= 0.6 is 0 Å². The van der Waals surface area contributed by atoms with Gasteiger partial charge in [0.1, 0.15) is 11.3 Å². The fourth-order valence-corrected chi connectivity index (χ4v) is 2.38. The Balaban J connectivity index is 2.78. The lowest BCUT2D eigenvalue weighted by Gasteiger charge is -2.21. The molecule has 0 atom stereocenters. The molecule has 0 aliphatic carbocycles. The van der Waals surface area contributed by atoms with Gasteiger partial charge in [-0.15, -0.1) is 0 Å². The van der Waals surface area contributed by atoms with Crippen molar-refractivity contribution in [1.29, 1.82) is 5.26 Å². The topological polar surface area (TPSA) is 39.9 Å². The fraction of sp³-hybridized carbons (Fsp3) is 0.333. The lowest BCUT2D eigenvalue weighted by molar-refractivity contribution is 0.636. The number of rotatable bonds is 3. The smallest absolute Gasteiger partial charge is 0.149 e. The number of hydrogen-bond donors (Lipinski definition) is 0. The second kappa shape index (κ2) is 5.23. The highest BCUT2D eigenvalue weighted by Gasteiger charge is 2.15. The maximum Gasteiger partial charge on any atom is 0.149 e. The second-order valence-electron chi connectivity index (χ2n) is 4.71. The summed E-state index contributed by atoms with van der Waals surface area (Å²) in [6.07, 6.45) is 1.07. The Hall–Kier alpha value is -2.15. The maximum absolute atomic E-state index is 13.9. The summed E-state index contributed by atoms with van der Waals surface area (Å²) >= 11 is 0. The van der Waals surface area contributed by atoms with Crippen LogP contribution in [0.15, 0.2) is 18.2 Å². The summed E-state index contributed by atoms with van der Waals surface area (Å²) in [6, 6.07) is 7.13. The van der Waals surface area contributed by atoms with Gasteiger partial charge in [-0.05, 0) is 25.0 Å².